The van der Waals surface area contributed by atoms with Gasteiger partial charge in [-0.1, -0.05) is 30.3 Å². The highest BCUT2D eigenvalue weighted by Gasteiger charge is 2.05. The van der Waals surface area contributed by atoms with Crippen LogP contribution in [0.2, 0.25) is 0 Å². The minimum Gasteiger partial charge on any atom is -0.507 e. The van der Waals surface area contributed by atoms with Gasteiger partial charge >= 0.3 is 12.1 Å². The van der Waals surface area contributed by atoms with Crippen LogP contribution in [0.4, 0.5) is 4.79 Å². The second-order valence-corrected chi connectivity index (χ2v) is 3.96. The third kappa shape index (κ3) is 5.23. The Balaban J connectivity index is 0.000000211. The SMILES string of the molecule is Cc1ccccc1OC(=O)O.O=C(O)c1ccccc1O. The smallest absolute Gasteiger partial charge is 0.507 e. The van der Waals surface area contributed by atoms with E-state index < -0.39 is 12.1 Å². The summed E-state index contributed by atoms with van der Waals surface area (Å²) in [4.78, 5) is 20.4. The van der Waals surface area contributed by atoms with Crippen LogP contribution in [0.1, 0.15) is 15.9 Å². The highest BCUT2D eigenvalue weighted by Crippen LogP contribution is 2.16. The molecule has 21 heavy (non-hydrogen) atoms. The maximum Gasteiger partial charge on any atom is 0.511 e. The van der Waals surface area contributed by atoms with Crippen LogP contribution in [-0.4, -0.2) is 27.4 Å². The molecule has 6 nitrogen and oxygen atoms in total. The zero-order valence-electron chi connectivity index (χ0n) is 11.2. The molecular weight excluding hydrogens is 276 g/mol. The molecule has 3 N–H and O–H groups in total. The Bertz CT molecular complexity index is 636. The zero-order valence-corrected chi connectivity index (χ0v) is 11.2. The Morgan fingerprint density at radius 2 is 1.52 bits per heavy atom. The Hall–Kier alpha value is -3.02. The second kappa shape index (κ2) is 7.54. The van der Waals surface area contributed by atoms with Crippen molar-refractivity contribution in [3.05, 3.63) is 59.7 Å². The van der Waals surface area contributed by atoms with Gasteiger partial charge in [0.2, 0.25) is 0 Å². The number of carboxylic acids is 1. The van der Waals surface area contributed by atoms with E-state index in [1.807, 2.05) is 6.07 Å². The average molecular weight is 290 g/mol. The number of aromatic hydroxyl groups is 1. The molecule has 2 aromatic rings. The average Bonchev–Trinajstić information content (AvgIpc) is 2.42. The largest absolute Gasteiger partial charge is 0.511 e. The van der Waals surface area contributed by atoms with Gasteiger partial charge in [-0.3, -0.25) is 0 Å². The van der Waals surface area contributed by atoms with Gasteiger partial charge in [0.15, 0.2) is 0 Å². The fraction of sp³-hybridized carbons (Fsp3) is 0.0667. The van der Waals surface area contributed by atoms with E-state index in [2.05, 4.69) is 4.74 Å². The molecule has 2 aromatic carbocycles. The summed E-state index contributed by atoms with van der Waals surface area (Å²) in [7, 11) is 0. The van der Waals surface area contributed by atoms with Gasteiger partial charge in [-0.05, 0) is 30.7 Å². The van der Waals surface area contributed by atoms with Gasteiger partial charge in [0.05, 0.1) is 0 Å². The summed E-state index contributed by atoms with van der Waals surface area (Å²) in [5.74, 6) is -0.923. The van der Waals surface area contributed by atoms with Crippen LogP contribution in [0, 0.1) is 6.92 Å². The topological polar surface area (TPSA) is 104 Å². The van der Waals surface area contributed by atoms with Gasteiger partial charge in [0, 0.05) is 0 Å². The molecule has 0 spiro atoms. The first-order valence-corrected chi connectivity index (χ1v) is 5.89. The van der Waals surface area contributed by atoms with Crippen molar-refractivity contribution in [2.45, 2.75) is 6.92 Å². The highest BCUT2D eigenvalue weighted by atomic mass is 16.7. The Morgan fingerprint density at radius 1 is 0.952 bits per heavy atom. The molecule has 6 heteroatoms. The van der Waals surface area contributed by atoms with E-state index in [0.717, 1.165) is 5.56 Å². The number of carboxylic acid groups (broad SMARTS) is 2. The molecule has 0 aliphatic carbocycles. The van der Waals surface area contributed by atoms with E-state index in [1.54, 1.807) is 37.3 Å². The number of carbonyl (C=O) groups is 2. The number of aromatic carboxylic acids is 1. The van der Waals surface area contributed by atoms with Crippen LogP contribution >= 0.6 is 0 Å². The molecule has 0 aliphatic heterocycles. The van der Waals surface area contributed by atoms with Crippen LogP contribution in [0.5, 0.6) is 11.5 Å². The number of hydrogen-bond donors (Lipinski definition) is 3. The molecule has 0 heterocycles. The molecule has 0 fully saturated rings. The van der Waals surface area contributed by atoms with Crippen molar-refractivity contribution in [3.8, 4) is 11.5 Å². The highest BCUT2D eigenvalue weighted by molar-refractivity contribution is 5.90. The summed E-state index contributed by atoms with van der Waals surface area (Å²) >= 11 is 0. The number of hydrogen-bond acceptors (Lipinski definition) is 4. The first-order valence-electron chi connectivity index (χ1n) is 5.89. The van der Waals surface area contributed by atoms with Crippen LogP contribution < -0.4 is 4.74 Å². The molecule has 110 valence electrons. The fourth-order valence-electron chi connectivity index (χ4n) is 1.42. The first kappa shape index (κ1) is 16.0. The monoisotopic (exact) mass is 290 g/mol. The van der Waals surface area contributed by atoms with Gasteiger partial charge in [0.1, 0.15) is 17.1 Å². The van der Waals surface area contributed by atoms with E-state index in [4.69, 9.17) is 15.3 Å². The summed E-state index contributed by atoms with van der Waals surface area (Å²) in [5.41, 5.74) is 0.748. The predicted octanol–water partition coefficient (Wildman–Crippen LogP) is 3.14. The van der Waals surface area contributed by atoms with Crippen molar-refractivity contribution in [3.63, 3.8) is 0 Å². The normalized spacial score (nSPS) is 9.19. The Morgan fingerprint density at radius 3 is 2.00 bits per heavy atom. The maximum atomic E-state index is 10.3. The van der Waals surface area contributed by atoms with Gasteiger partial charge in [-0.15, -0.1) is 0 Å². The third-order valence-electron chi connectivity index (χ3n) is 2.43. The molecule has 0 amide bonds. The van der Waals surface area contributed by atoms with Crippen molar-refractivity contribution >= 4 is 12.1 Å². The fourth-order valence-corrected chi connectivity index (χ4v) is 1.42. The lowest BCUT2D eigenvalue weighted by molar-refractivity contribution is 0.0693. The molecule has 0 saturated carbocycles. The van der Waals surface area contributed by atoms with Gasteiger partial charge in [-0.2, -0.15) is 0 Å². The lowest BCUT2D eigenvalue weighted by Crippen LogP contribution is -2.03. The molecule has 0 saturated heterocycles. The first-order chi connectivity index (χ1) is 9.91. The number of para-hydroxylation sites is 2. The van der Waals surface area contributed by atoms with Gasteiger partial charge in [-0.25, -0.2) is 9.59 Å². The molecule has 0 unspecified atom stereocenters. The van der Waals surface area contributed by atoms with Crippen molar-refractivity contribution in [1.29, 1.82) is 0 Å². The van der Waals surface area contributed by atoms with E-state index in [0.29, 0.717) is 5.75 Å². The van der Waals surface area contributed by atoms with E-state index >= 15 is 0 Å². The van der Waals surface area contributed by atoms with Crippen LogP contribution in [0.3, 0.4) is 0 Å². The molecule has 0 atom stereocenters. The third-order valence-corrected chi connectivity index (χ3v) is 2.43. The van der Waals surface area contributed by atoms with Gasteiger partial charge in [0.25, 0.3) is 0 Å². The van der Waals surface area contributed by atoms with Crippen LogP contribution in [0.25, 0.3) is 0 Å². The van der Waals surface area contributed by atoms with E-state index in [1.165, 1.54) is 12.1 Å². The minimum absolute atomic E-state index is 0.0671. The second-order valence-electron chi connectivity index (χ2n) is 3.96. The predicted molar refractivity (Wildman–Crippen MR) is 74.9 cm³/mol. The summed E-state index contributed by atoms with van der Waals surface area (Å²) < 4.78 is 4.46. The van der Waals surface area contributed by atoms with E-state index in [-0.39, 0.29) is 11.3 Å². The lowest BCUT2D eigenvalue weighted by Gasteiger charge is -2.01. The van der Waals surface area contributed by atoms with Crippen molar-refractivity contribution in [1.82, 2.24) is 0 Å². The molecule has 0 aromatic heterocycles. The molecule has 2 rings (SSSR count). The van der Waals surface area contributed by atoms with Crippen molar-refractivity contribution in [2.75, 3.05) is 0 Å². The number of ether oxygens (including phenoxy) is 1. The van der Waals surface area contributed by atoms with Gasteiger partial charge < -0.3 is 20.1 Å². The molecule has 0 radical (unpaired) electrons. The summed E-state index contributed by atoms with van der Waals surface area (Å²) in [6, 6.07) is 12.8. The Labute approximate surface area is 120 Å². The van der Waals surface area contributed by atoms with Crippen LogP contribution in [0.15, 0.2) is 48.5 Å². The molecule has 0 aliphatic rings. The zero-order chi connectivity index (χ0) is 15.8. The summed E-state index contributed by atoms with van der Waals surface area (Å²) in [5, 5.41) is 25.6. The number of aryl methyl sites for hydroxylation is 1. The summed E-state index contributed by atoms with van der Waals surface area (Å²) in [6.45, 7) is 1.79. The lowest BCUT2D eigenvalue weighted by atomic mass is 10.2. The van der Waals surface area contributed by atoms with Crippen molar-refractivity contribution < 1.29 is 29.6 Å². The summed E-state index contributed by atoms with van der Waals surface area (Å²) in [6.07, 6.45) is -1.28. The number of benzene rings is 2. The van der Waals surface area contributed by atoms with E-state index in [9.17, 15) is 9.59 Å². The maximum absolute atomic E-state index is 10.3. The molecule has 0 bridgehead atoms. The number of phenols is 1. The Kier molecular flexibility index (Phi) is 5.76. The minimum atomic E-state index is -1.28. The quantitative estimate of drug-likeness (QED) is 0.579. The van der Waals surface area contributed by atoms with Crippen molar-refractivity contribution in [2.24, 2.45) is 0 Å². The molecular formula is C15H14O6. The van der Waals surface area contributed by atoms with Crippen LogP contribution in [-0.2, 0) is 0 Å². The standard InChI is InChI=1S/C8H8O3.C7H6O3/c1-6-4-2-3-5-7(6)11-8(9)10;8-6-4-2-1-3-5(6)7(9)10/h2-5H,1H3,(H,9,10);1-4,8H,(H,9,10). The number of rotatable bonds is 2.